The van der Waals surface area contributed by atoms with Gasteiger partial charge in [0.05, 0.1) is 7.11 Å². The van der Waals surface area contributed by atoms with E-state index in [1.54, 1.807) is 0 Å². The van der Waals surface area contributed by atoms with Crippen LogP contribution in [0.5, 0.6) is 0 Å². The minimum atomic E-state index is -0.632. The van der Waals surface area contributed by atoms with E-state index < -0.39 is 5.54 Å². The van der Waals surface area contributed by atoms with Crippen LogP contribution in [0, 0.1) is 0 Å². The third-order valence-corrected chi connectivity index (χ3v) is 2.86. The van der Waals surface area contributed by atoms with Crippen molar-refractivity contribution in [3.63, 3.8) is 0 Å². The van der Waals surface area contributed by atoms with Crippen molar-refractivity contribution in [1.82, 2.24) is 10.2 Å². The predicted molar refractivity (Wildman–Crippen MR) is 75.7 cm³/mol. The molecule has 0 saturated carbocycles. The minimum Gasteiger partial charge on any atom is -0.468 e. The van der Waals surface area contributed by atoms with Crippen LogP contribution in [0.25, 0.3) is 0 Å². The summed E-state index contributed by atoms with van der Waals surface area (Å²) in [6.45, 7) is 13.1. The van der Waals surface area contributed by atoms with Crippen molar-refractivity contribution < 1.29 is 9.53 Å². The van der Waals surface area contributed by atoms with Gasteiger partial charge >= 0.3 is 5.97 Å². The third kappa shape index (κ3) is 5.83. The molecule has 0 radical (unpaired) electrons. The number of nitrogens with one attached hydrogen (secondary N) is 1. The molecule has 0 aromatic carbocycles. The lowest BCUT2D eigenvalue weighted by molar-refractivity contribution is -0.149. The first kappa shape index (κ1) is 17.4. The number of methoxy groups -OCH3 is 1. The van der Waals surface area contributed by atoms with E-state index in [-0.39, 0.29) is 12.0 Å². The average Bonchev–Trinajstić information content (AvgIpc) is 2.27. The molecule has 0 amide bonds. The highest BCUT2D eigenvalue weighted by Gasteiger charge is 2.36. The molecule has 0 bridgehead atoms. The molecule has 0 aromatic rings. The summed E-state index contributed by atoms with van der Waals surface area (Å²) in [6.07, 6.45) is 2.19. The third-order valence-electron chi connectivity index (χ3n) is 2.86. The van der Waals surface area contributed by atoms with Crippen LogP contribution in [0.15, 0.2) is 0 Å². The first-order chi connectivity index (χ1) is 8.39. The van der Waals surface area contributed by atoms with Gasteiger partial charge < -0.3 is 9.64 Å². The van der Waals surface area contributed by atoms with Crippen molar-refractivity contribution in [1.29, 1.82) is 0 Å². The fourth-order valence-electron chi connectivity index (χ4n) is 2.38. The van der Waals surface area contributed by atoms with E-state index in [0.29, 0.717) is 6.54 Å². The van der Waals surface area contributed by atoms with Crippen LogP contribution in [0.1, 0.15) is 47.5 Å². The van der Waals surface area contributed by atoms with Crippen LogP contribution in [-0.2, 0) is 9.53 Å². The van der Waals surface area contributed by atoms with Crippen molar-refractivity contribution in [3.05, 3.63) is 0 Å². The number of carbonyl (C=O) groups excluding carboxylic acids is 1. The van der Waals surface area contributed by atoms with Gasteiger partial charge in [0.1, 0.15) is 5.54 Å². The van der Waals surface area contributed by atoms with E-state index in [4.69, 9.17) is 4.74 Å². The lowest BCUT2D eigenvalue weighted by Gasteiger charge is -2.35. The highest BCUT2D eigenvalue weighted by atomic mass is 16.5. The fraction of sp³-hybridized carbons (Fsp3) is 0.929. The molecule has 0 spiro atoms. The molecule has 4 heteroatoms. The number of nitrogens with zero attached hydrogens (tertiary/aromatic N) is 1. The molecule has 0 aromatic heterocycles. The van der Waals surface area contributed by atoms with Crippen molar-refractivity contribution >= 4 is 5.97 Å². The van der Waals surface area contributed by atoms with Crippen LogP contribution in [-0.4, -0.2) is 49.2 Å². The standard InChI is InChI=1S/C14H30N2O2/c1-7-9-16(10-8-2)11-14(5,13(17)18-6)15-12(3)4/h12,15H,7-11H2,1-6H3. The Morgan fingerprint density at radius 3 is 2.11 bits per heavy atom. The van der Waals surface area contributed by atoms with Crippen LogP contribution < -0.4 is 5.32 Å². The predicted octanol–water partition coefficient (Wildman–Crippen LogP) is 2.04. The SMILES string of the molecule is CCCN(CCC)CC(C)(NC(C)C)C(=O)OC. The van der Waals surface area contributed by atoms with Crippen LogP contribution in [0.2, 0.25) is 0 Å². The van der Waals surface area contributed by atoms with E-state index in [1.165, 1.54) is 7.11 Å². The Kier molecular flexibility index (Phi) is 8.20. The highest BCUT2D eigenvalue weighted by Crippen LogP contribution is 2.12. The van der Waals surface area contributed by atoms with Gasteiger partial charge in [-0.15, -0.1) is 0 Å². The maximum atomic E-state index is 12.0. The van der Waals surface area contributed by atoms with Crippen LogP contribution in [0.3, 0.4) is 0 Å². The Labute approximate surface area is 112 Å². The van der Waals surface area contributed by atoms with E-state index in [9.17, 15) is 4.79 Å². The number of rotatable bonds is 9. The number of carbonyl (C=O) groups is 1. The summed E-state index contributed by atoms with van der Waals surface area (Å²) in [5, 5.41) is 3.34. The maximum absolute atomic E-state index is 12.0. The summed E-state index contributed by atoms with van der Waals surface area (Å²) in [4.78, 5) is 14.3. The summed E-state index contributed by atoms with van der Waals surface area (Å²) < 4.78 is 4.95. The first-order valence-electron chi connectivity index (χ1n) is 6.98. The second-order valence-electron chi connectivity index (χ2n) is 5.40. The Balaban J connectivity index is 4.78. The number of hydrogen-bond acceptors (Lipinski definition) is 4. The normalized spacial score (nSPS) is 14.9. The molecule has 1 unspecified atom stereocenters. The molecule has 0 aliphatic carbocycles. The van der Waals surface area contributed by atoms with Gasteiger partial charge in [-0.3, -0.25) is 10.1 Å². The number of ether oxygens (including phenoxy) is 1. The molecular weight excluding hydrogens is 228 g/mol. The zero-order valence-electron chi connectivity index (χ0n) is 12.9. The molecule has 1 atom stereocenters. The molecular formula is C14H30N2O2. The number of esters is 1. The van der Waals surface area contributed by atoms with Crippen molar-refractivity contribution in [2.24, 2.45) is 0 Å². The summed E-state index contributed by atoms with van der Waals surface area (Å²) in [5.41, 5.74) is -0.632. The second-order valence-corrected chi connectivity index (χ2v) is 5.40. The molecule has 0 aliphatic heterocycles. The minimum absolute atomic E-state index is 0.187. The molecule has 108 valence electrons. The molecule has 0 saturated heterocycles. The molecule has 0 fully saturated rings. The quantitative estimate of drug-likeness (QED) is 0.643. The van der Waals surface area contributed by atoms with Crippen molar-refractivity contribution in [2.75, 3.05) is 26.7 Å². The first-order valence-corrected chi connectivity index (χ1v) is 6.98. The van der Waals surface area contributed by atoms with E-state index in [0.717, 1.165) is 25.9 Å². The lowest BCUT2D eigenvalue weighted by atomic mass is 10.00. The average molecular weight is 258 g/mol. The highest BCUT2D eigenvalue weighted by molar-refractivity contribution is 5.80. The van der Waals surface area contributed by atoms with Crippen molar-refractivity contribution in [3.8, 4) is 0 Å². The monoisotopic (exact) mass is 258 g/mol. The molecule has 1 N–H and O–H groups in total. The molecule has 0 rings (SSSR count). The summed E-state index contributed by atoms with van der Waals surface area (Å²) >= 11 is 0. The Hall–Kier alpha value is -0.610. The summed E-state index contributed by atoms with van der Waals surface area (Å²) in [5.74, 6) is -0.187. The lowest BCUT2D eigenvalue weighted by Crippen LogP contribution is -2.59. The summed E-state index contributed by atoms with van der Waals surface area (Å²) in [6, 6.07) is 0.249. The van der Waals surface area contributed by atoms with Crippen molar-refractivity contribution in [2.45, 2.75) is 59.0 Å². The van der Waals surface area contributed by atoms with Gasteiger partial charge in [0, 0.05) is 12.6 Å². The Morgan fingerprint density at radius 2 is 1.78 bits per heavy atom. The second kappa shape index (κ2) is 8.48. The van der Waals surface area contributed by atoms with Gasteiger partial charge in [0.25, 0.3) is 0 Å². The topological polar surface area (TPSA) is 41.6 Å². The largest absolute Gasteiger partial charge is 0.468 e. The molecule has 4 nitrogen and oxygen atoms in total. The van der Waals surface area contributed by atoms with Gasteiger partial charge in [-0.25, -0.2) is 0 Å². The van der Waals surface area contributed by atoms with Gasteiger partial charge in [-0.05, 0) is 46.7 Å². The molecule has 0 aliphatic rings. The van der Waals surface area contributed by atoms with Gasteiger partial charge in [0.2, 0.25) is 0 Å². The van der Waals surface area contributed by atoms with E-state index >= 15 is 0 Å². The van der Waals surface area contributed by atoms with Crippen LogP contribution >= 0.6 is 0 Å². The van der Waals surface area contributed by atoms with E-state index in [1.807, 2.05) is 20.8 Å². The zero-order chi connectivity index (χ0) is 14.2. The maximum Gasteiger partial charge on any atom is 0.327 e. The van der Waals surface area contributed by atoms with E-state index in [2.05, 4.69) is 24.1 Å². The van der Waals surface area contributed by atoms with Gasteiger partial charge in [-0.2, -0.15) is 0 Å². The Bertz CT molecular complexity index is 238. The summed E-state index contributed by atoms with van der Waals surface area (Å²) in [7, 11) is 1.45. The van der Waals surface area contributed by atoms with Gasteiger partial charge in [0.15, 0.2) is 0 Å². The van der Waals surface area contributed by atoms with Gasteiger partial charge in [-0.1, -0.05) is 13.8 Å². The zero-order valence-corrected chi connectivity index (χ0v) is 12.9. The smallest absolute Gasteiger partial charge is 0.327 e. The molecule has 18 heavy (non-hydrogen) atoms. The molecule has 0 heterocycles. The number of hydrogen-bond donors (Lipinski definition) is 1. The fourth-order valence-corrected chi connectivity index (χ4v) is 2.38. The van der Waals surface area contributed by atoms with Crippen LogP contribution in [0.4, 0.5) is 0 Å². The Morgan fingerprint density at radius 1 is 1.28 bits per heavy atom.